The molecule has 0 bridgehead atoms. The van der Waals surface area contributed by atoms with Gasteiger partial charge in [0, 0.05) is 25.0 Å². The van der Waals surface area contributed by atoms with E-state index in [0.717, 1.165) is 25.7 Å². The standard InChI is InChI=1S/C17H29N3O2.ClH/c21-16(12-6-3-7-12)18-9-4-10-19-17(22)15-11-13-5-1-2-8-14(13)20-15;/h12-15,20H,1-11H2,(H,18,21)(H,19,22);1H. The Kier molecular flexibility index (Phi) is 7.15. The molecule has 3 aliphatic rings. The van der Waals surface area contributed by atoms with E-state index in [2.05, 4.69) is 16.0 Å². The summed E-state index contributed by atoms with van der Waals surface area (Å²) in [5.41, 5.74) is 0. The first-order valence-electron chi connectivity index (χ1n) is 9.05. The molecule has 2 aliphatic carbocycles. The monoisotopic (exact) mass is 343 g/mol. The molecule has 2 amide bonds. The van der Waals surface area contributed by atoms with Crippen molar-refractivity contribution in [1.82, 2.24) is 16.0 Å². The molecule has 0 spiro atoms. The fourth-order valence-electron chi connectivity index (χ4n) is 3.97. The maximum Gasteiger partial charge on any atom is 0.237 e. The number of hydrogen-bond donors (Lipinski definition) is 3. The lowest BCUT2D eigenvalue weighted by Crippen LogP contribution is -2.44. The van der Waals surface area contributed by atoms with Crippen LogP contribution in [0.5, 0.6) is 0 Å². The molecule has 1 heterocycles. The molecular formula is C17H30ClN3O2. The predicted octanol–water partition coefficient (Wildman–Crippen LogP) is 1.75. The fraction of sp³-hybridized carbons (Fsp3) is 0.882. The molecule has 1 aliphatic heterocycles. The first-order chi connectivity index (χ1) is 10.7. The van der Waals surface area contributed by atoms with E-state index in [9.17, 15) is 9.59 Å². The van der Waals surface area contributed by atoms with E-state index >= 15 is 0 Å². The second kappa shape index (κ2) is 8.88. The Morgan fingerprint density at radius 2 is 1.61 bits per heavy atom. The van der Waals surface area contributed by atoms with Crippen LogP contribution in [0.3, 0.4) is 0 Å². The number of rotatable bonds is 6. The Bertz CT molecular complexity index is 401. The molecule has 5 nitrogen and oxygen atoms in total. The Morgan fingerprint density at radius 3 is 2.26 bits per heavy atom. The third-order valence-electron chi connectivity index (χ3n) is 5.61. The zero-order valence-corrected chi connectivity index (χ0v) is 14.6. The van der Waals surface area contributed by atoms with Gasteiger partial charge in [-0.1, -0.05) is 19.3 Å². The van der Waals surface area contributed by atoms with Crippen molar-refractivity contribution in [1.29, 1.82) is 0 Å². The number of carbonyl (C=O) groups is 2. The summed E-state index contributed by atoms with van der Waals surface area (Å²) in [6.07, 6.45) is 10.2. The van der Waals surface area contributed by atoms with Crippen molar-refractivity contribution < 1.29 is 9.59 Å². The summed E-state index contributed by atoms with van der Waals surface area (Å²) in [7, 11) is 0. The van der Waals surface area contributed by atoms with Gasteiger partial charge in [0.1, 0.15) is 0 Å². The van der Waals surface area contributed by atoms with Gasteiger partial charge in [-0.25, -0.2) is 0 Å². The Labute approximate surface area is 145 Å². The molecule has 23 heavy (non-hydrogen) atoms. The highest BCUT2D eigenvalue weighted by atomic mass is 35.5. The van der Waals surface area contributed by atoms with Crippen molar-refractivity contribution in [2.24, 2.45) is 11.8 Å². The second-order valence-electron chi connectivity index (χ2n) is 7.17. The van der Waals surface area contributed by atoms with Crippen LogP contribution in [0.1, 0.15) is 57.8 Å². The molecule has 3 unspecified atom stereocenters. The molecule has 132 valence electrons. The van der Waals surface area contributed by atoms with Gasteiger partial charge in [-0.3, -0.25) is 9.59 Å². The van der Waals surface area contributed by atoms with E-state index in [1.807, 2.05) is 0 Å². The van der Waals surface area contributed by atoms with Gasteiger partial charge in [0.25, 0.3) is 0 Å². The largest absolute Gasteiger partial charge is 0.356 e. The molecule has 0 aromatic carbocycles. The summed E-state index contributed by atoms with van der Waals surface area (Å²) in [6.45, 7) is 1.32. The van der Waals surface area contributed by atoms with E-state index in [1.165, 1.54) is 32.1 Å². The highest BCUT2D eigenvalue weighted by molar-refractivity contribution is 5.85. The van der Waals surface area contributed by atoms with E-state index < -0.39 is 0 Å². The average Bonchev–Trinajstić information content (AvgIpc) is 2.88. The number of halogens is 1. The predicted molar refractivity (Wildman–Crippen MR) is 92.5 cm³/mol. The van der Waals surface area contributed by atoms with Gasteiger partial charge in [-0.2, -0.15) is 0 Å². The lowest BCUT2D eigenvalue weighted by Gasteiger charge is -2.24. The summed E-state index contributed by atoms with van der Waals surface area (Å²) >= 11 is 0. The van der Waals surface area contributed by atoms with E-state index in [0.29, 0.717) is 25.0 Å². The van der Waals surface area contributed by atoms with E-state index in [4.69, 9.17) is 0 Å². The van der Waals surface area contributed by atoms with E-state index in [-0.39, 0.29) is 36.2 Å². The zero-order valence-electron chi connectivity index (χ0n) is 13.8. The van der Waals surface area contributed by atoms with Gasteiger partial charge in [0.05, 0.1) is 6.04 Å². The summed E-state index contributed by atoms with van der Waals surface area (Å²) in [4.78, 5) is 23.9. The first-order valence-corrected chi connectivity index (χ1v) is 9.05. The fourth-order valence-corrected chi connectivity index (χ4v) is 3.97. The molecule has 3 fully saturated rings. The smallest absolute Gasteiger partial charge is 0.237 e. The number of fused-ring (bicyclic) bond motifs is 1. The Hall–Kier alpha value is -0.810. The summed E-state index contributed by atoms with van der Waals surface area (Å²) in [5.74, 6) is 1.28. The lowest BCUT2D eigenvalue weighted by molar-refractivity contribution is -0.127. The van der Waals surface area contributed by atoms with Gasteiger partial charge >= 0.3 is 0 Å². The van der Waals surface area contributed by atoms with Crippen LogP contribution >= 0.6 is 12.4 Å². The van der Waals surface area contributed by atoms with Crippen LogP contribution in [0.4, 0.5) is 0 Å². The highest BCUT2D eigenvalue weighted by Gasteiger charge is 2.37. The van der Waals surface area contributed by atoms with Crippen LogP contribution in [0.2, 0.25) is 0 Å². The van der Waals surface area contributed by atoms with Gasteiger partial charge < -0.3 is 16.0 Å². The number of carbonyl (C=O) groups excluding carboxylic acids is 2. The van der Waals surface area contributed by atoms with Crippen LogP contribution in [0, 0.1) is 11.8 Å². The average molecular weight is 344 g/mol. The van der Waals surface area contributed by atoms with Gasteiger partial charge in [-0.05, 0) is 44.4 Å². The van der Waals surface area contributed by atoms with Crippen LogP contribution in [-0.2, 0) is 9.59 Å². The summed E-state index contributed by atoms with van der Waals surface area (Å²) in [6, 6.07) is 0.559. The molecule has 3 atom stereocenters. The van der Waals surface area contributed by atoms with Crippen LogP contribution in [-0.4, -0.2) is 37.0 Å². The molecule has 3 N–H and O–H groups in total. The SMILES string of the molecule is Cl.O=C(NCCCNC(=O)C1CC2CCCCC2N1)C1CCC1. The molecule has 0 radical (unpaired) electrons. The molecule has 0 aromatic rings. The molecule has 3 rings (SSSR count). The van der Waals surface area contributed by atoms with Crippen molar-refractivity contribution >= 4 is 24.2 Å². The maximum atomic E-state index is 12.2. The maximum absolute atomic E-state index is 12.2. The quantitative estimate of drug-likeness (QED) is 0.643. The minimum atomic E-state index is -0.00216. The lowest BCUT2D eigenvalue weighted by atomic mass is 9.85. The van der Waals surface area contributed by atoms with Crippen molar-refractivity contribution in [3.8, 4) is 0 Å². The van der Waals surface area contributed by atoms with Crippen LogP contribution in [0.15, 0.2) is 0 Å². The second-order valence-corrected chi connectivity index (χ2v) is 7.17. The number of nitrogens with one attached hydrogen (secondary N) is 3. The van der Waals surface area contributed by atoms with E-state index in [1.54, 1.807) is 0 Å². The topological polar surface area (TPSA) is 70.2 Å². The van der Waals surface area contributed by atoms with Crippen molar-refractivity contribution in [2.75, 3.05) is 13.1 Å². The molecule has 0 aromatic heterocycles. The zero-order chi connectivity index (χ0) is 15.4. The normalized spacial score (nSPS) is 29.8. The van der Waals surface area contributed by atoms with Gasteiger partial charge in [0.15, 0.2) is 0 Å². The number of amides is 2. The first kappa shape index (κ1) is 18.5. The third-order valence-corrected chi connectivity index (χ3v) is 5.61. The minimum absolute atomic E-state index is 0. The minimum Gasteiger partial charge on any atom is -0.356 e. The Balaban J connectivity index is 0.00000192. The van der Waals surface area contributed by atoms with Gasteiger partial charge in [-0.15, -0.1) is 12.4 Å². The van der Waals surface area contributed by atoms with Crippen molar-refractivity contribution in [3.05, 3.63) is 0 Å². The van der Waals surface area contributed by atoms with Crippen molar-refractivity contribution in [2.45, 2.75) is 69.9 Å². The summed E-state index contributed by atoms with van der Waals surface area (Å²) in [5, 5.41) is 9.48. The molecule has 1 saturated heterocycles. The van der Waals surface area contributed by atoms with Crippen molar-refractivity contribution in [3.63, 3.8) is 0 Å². The molecule has 6 heteroatoms. The van der Waals surface area contributed by atoms with Gasteiger partial charge in [0.2, 0.25) is 11.8 Å². The Morgan fingerprint density at radius 1 is 0.913 bits per heavy atom. The summed E-state index contributed by atoms with van der Waals surface area (Å²) < 4.78 is 0. The van der Waals surface area contributed by atoms with Crippen LogP contribution in [0.25, 0.3) is 0 Å². The number of hydrogen-bond acceptors (Lipinski definition) is 3. The third kappa shape index (κ3) is 4.83. The molecule has 2 saturated carbocycles. The highest BCUT2D eigenvalue weighted by Crippen LogP contribution is 2.33. The van der Waals surface area contributed by atoms with Crippen LogP contribution < -0.4 is 16.0 Å². The molecular weight excluding hydrogens is 314 g/mol.